The molecule has 2 rings (SSSR count). The maximum Gasteiger partial charge on any atom is 0.573 e. The van der Waals surface area contributed by atoms with Crippen LogP contribution in [0.5, 0.6) is 5.75 Å². The van der Waals surface area contributed by atoms with Crippen molar-refractivity contribution in [1.29, 1.82) is 0 Å². The Kier molecular flexibility index (Phi) is 3.50. The zero-order chi connectivity index (χ0) is 13.9. The topological polar surface area (TPSA) is 39.2 Å². The summed E-state index contributed by atoms with van der Waals surface area (Å²) in [6.45, 7) is 0. The normalized spacial score (nSPS) is 11.1. The standard InChI is InChI=1S/C13H8F3NO2/c14-13(15,16)19-11-4-2-1-3-10(11)12(18)9-5-7-17-8-6-9/h1-8H. The third-order valence-electron chi connectivity index (χ3n) is 2.30. The zero-order valence-corrected chi connectivity index (χ0v) is 9.52. The summed E-state index contributed by atoms with van der Waals surface area (Å²) in [5.41, 5.74) is 0.0965. The molecule has 0 spiro atoms. The van der Waals surface area contributed by atoms with Crippen LogP contribution in [0.1, 0.15) is 15.9 Å². The van der Waals surface area contributed by atoms with Crippen molar-refractivity contribution in [2.45, 2.75) is 6.36 Å². The number of pyridine rings is 1. The molecule has 1 heterocycles. The van der Waals surface area contributed by atoms with Gasteiger partial charge in [-0.3, -0.25) is 9.78 Å². The van der Waals surface area contributed by atoms with Crippen molar-refractivity contribution >= 4 is 5.78 Å². The fraction of sp³-hybridized carbons (Fsp3) is 0.0769. The molecule has 6 heteroatoms. The number of carbonyl (C=O) groups is 1. The molecule has 0 saturated carbocycles. The van der Waals surface area contributed by atoms with Crippen LogP contribution >= 0.6 is 0 Å². The number of nitrogens with zero attached hydrogens (tertiary/aromatic N) is 1. The Labute approximate surface area is 106 Å². The smallest absolute Gasteiger partial charge is 0.405 e. The summed E-state index contributed by atoms with van der Waals surface area (Å²) in [4.78, 5) is 15.8. The van der Waals surface area contributed by atoms with Crippen LogP contribution in [0.4, 0.5) is 13.2 Å². The van der Waals surface area contributed by atoms with Gasteiger partial charge in [-0.25, -0.2) is 0 Å². The van der Waals surface area contributed by atoms with E-state index in [-0.39, 0.29) is 11.1 Å². The predicted octanol–water partition coefficient (Wildman–Crippen LogP) is 3.21. The van der Waals surface area contributed by atoms with Crippen LogP contribution in [0.25, 0.3) is 0 Å². The van der Waals surface area contributed by atoms with E-state index in [1.807, 2.05) is 0 Å². The monoisotopic (exact) mass is 267 g/mol. The molecule has 3 nitrogen and oxygen atoms in total. The fourth-order valence-electron chi connectivity index (χ4n) is 1.53. The fourth-order valence-corrected chi connectivity index (χ4v) is 1.53. The first-order valence-corrected chi connectivity index (χ1v) is 5.27. The molecule has 0 fully saturated rings. The lowest BCUT2D eigenvalue weighted by Gasteiger charge is -2.12. The third kappa shape index (κ3) is 3.31. The number of rotatable bonds is 3. The summed E-state index contributed by atoms with van der Waals surface area (Å²) in [6, 6.07) is 8.06. The van der Waals surface area contributed by atoms with Crippen LogP contribution < -0.4 is 4.74 Å². The molecule has 19 heavy (non-hydrogen) atoms. The molecule has 0 radical (unpaired) electrons. The van der Waals surface area contributed by atoms with Crippen molar-refractivity contribution in [2.24, 2.45) is 0 Å². The summed E-state index contributed by atoms with van der Waals surface area (Å²) >= 11 is 0. The third-order valence-corrected chi connectivity index (χ3v) is 2.30. The molecule has 0 aliphatic heterocycles. The molecule has 0 bridgehead atoms. The Morgan fingerprint density at radius 3 is 2.32 bits per heavy atom. The van der Waals surface area contributed by atoms with E-state index < -0.39 is 17.9 Å². The second-order valence-electron chi connectivity index (χ2n) is 3.61. The van der Waals surface area contributed by atoms with Gasteiger partial charge in [-0.2, -0.15) is 0 Å². The van der Waals surface area contributed by atoms with Crippen LogP contribution in [-0.2, 0) is 0 Å². The molecule has 0 unspecified atom stereocenters. The number of halogens is 3. The highest BCUT2D eigenvalue weighted by Gasteiger charge is 2.32. The first-order chi connectivity index (χ1) is 8.97. The van der Waals surface area contributed by atoms with Gasteiger partial charge in [0.15, 0.2) is 5.78 Å². The van der Waals surface area contributed by atoms with Crippen molar-refractivity contribution in [2.75, 3.05) is 0 Å². The second kappa shape index (κ2) is 5.09. The van der Waals surface area contributed by atoms with Gasteiger partial charge in [0.2, 0.25) is 0 Å². The highest BCUT2D eigenvalue weighted by atomic mass is 19.4. The van der Waals surface area contributed by atoms with E-state index in [2.05, 4.69) is 9.72 Å². The SMILES string of the molecule is O=C(c1ccncc1)c1ccccc1OC(F)(F)F. The Bertz CT molecular complexity index is 582. The van der Waals surface area contributed by atoms with Crippen LogP contribution in [0.3, 0.4) is 0 Å². The quantitative estimate of drug-likeness (QED) is 0.801. The van der Waals surface area contributed by atoms with E-state index in [0.717, 1.165) is 6.07 Å². The van der Waals surface area contributed by atoms with Crippen molar-refractivity contribution in [3.05, 3.63) is 59.9 Å². The minimum absolute atomic E-state index is 0.147. The molecule has 1 aromatic heterocycles. The van der Waals surface area contributed by atoms with Crippen LogP contribution in [0.2, 0.25) is 0 Å². The largest absolute Gasteiger partial charge is 0.573 e. The van der Waals surface area contributed by atoms with E-state index in [9.17, 15) is 18.0 Å². The maximum atomic E-state index is 12.2. The number of hydrogen-bond acceptors (Lipinski definition) is 3. The van der Waals surface area contributed by atoms with Gasteiger partial charge in [0, 0.05) is 18.0 Å². The molecule has 98 valence electrons. The summed E-state index contributed by atoms with van der Waals surface area (Å²) in [5.74, 6) is -1.07. The first kappa shape index (κ1) is 13.1. The highest BCUT2D eigenvalue weighted by molar-refractivity contribution is 6.10. The summed E-state index contributed by atoms with van der Waals surface area (Å²) < 4.78 is 40.6. The number of para-hydroxylation sites is 1. The van der Waals surface area contributed by atoms with Gasteiger partial charge >= 0.3 is 6.36 Å². The van der Waals surface area contributed by atoms with Crippen LogP contribution in [0.15, 0.2) is 48.8 Å². The van der Waals surface area contributed by atoms with Crippen molar-refractivity contribution < 1.29 is 22.7 Å². The summed E-state index contributed by atoms with van der Waals surface area (Å²) in [7, 11) is 0. The Hall–Kier alpha value is -2.37. The molecule has 1 aromatic carbocycles. The molecule has 0 saturated heterocycles. The average molecular weight is 267 g/mol. The number of benzene rings is 1. The summed E-state index contributed by atoms with van der Waals surface area (Å²) in [6.07, 6.45) is -2.06. The summed E-state index contributed by atoms with van der Waals surface area (Å²) in [5, 5.41) is 0. The van der Waals surface area contributed by atoms with E-state index in [1.165, 1.54) is 42.7 Å². The van der Waals surface area contributed by atoms with Crippen LogP contribution in [-0.4, -0.2) is 17.1 Å². The van der Waals surface area contributed by atoms with E-state index in [4.69, 9.17) is 0 Å². The molecule has 0 aliphatic carbocycles. The molecule has 0 N–H and O–H groups in total. The van der Waals surface area contributed by atoms with Crippen molar-refractivity contribution in [3.63, 3.8) is 0 Å². The Morgan fingerprint density at radius 1 is 1.05 bits per heavy atom. The zero-order valence-electron chi connectivity index (χ0n) is 9.52. The van der Waals surface area contributed by atoms with Crippen molar-refractivity contribution in [3.8, 4) is 5.75 Å². The van der Waals surface area contributed by atoms with E-state index >= 15 is 0 Å². The second-order valence-corrected chi connectivity index (χ2v) is 3.61. The van der Waals surface area contributed by atoms with Gasteiger partial charge in [0.1, 0.15) is 5.75 Å². The number of ether oxygens (including phenoxy) is 1. The number of alkyl halides is 3. The average Bonchev–Trinajstić information content (AvgIpc) is 2.38. The lowest BCUT2D eigenvalue weighted by Crippen LogP contribution is -2.19. The van der Waals surface area contributed by atoms with Gasteiger partial charge < -0.3 is 4.74 Å². The molecule has 2 aromatic rings. The van der Waals surface area contributed by atoms with Gasteiger partial charge in [0.05, 0.1) is 5.56 Å². The first-order valence-electron chi connectivity index (χ1n) is 5.27. The lowest BCUT2D eigenvalue weighted by molar-refractivity contribution is -0.274. The molecule has 0 aliphatic rings. The van der Waals surface area contributed by atoms with Gasteiger partial charge in [-0.15, -0.1) is 13.2 Å². The maximum absolute atomic E-state index is 12.2. The molecule has 0 amide bonds. The van der Waals surface area contributed by atoms with E-state index in [0.29, 0.717) is 0 Å². The van der Waals surface area contributed by atoms with Crippen LogP contribution in [0, 0.1) is 0 Å². The molecular weight excluding hydrogens is 259 g/mol. The minimum Gasteiger partial charge on any atom is -0.405 e. The lowest BCUT2D eigenvalue weighted by atomic mass is 10.0. The Morgan fingerprint density at radius 2 is 1.68 bits per heavy atom. The van der Waals surface area contributed by atoms with Gasteiger partial charge in [-0.05, 0) is 24.3 Å². The van der Waals surface area contributed by atoms with Gasteiger partial charge in [-0.1, -0.05) is 12.1 Å². The van der Waals surface area contributed by atoms with Gasteiger partial charge in [0.25, 0.3) is 0 Å². The molecule has 0 atom stereocenters. The number of aromatic nitrogens is 1. The Balaban J connectivity index is 2.38. The number of hydrogen-bond donors (Lipinski definition) is 0. The van der Waals surface area contributed by atoms with E-state index in [1.54, 1.807) is 0 Å². The van der Waals surface area contributed by atoms with Crippen molar-refractivity contribution in [1.82, 2.24) is 4.98 Å². The minimum atomic E-state index is -4.84. The predicted molar refractivity (Wildman–Crippen MR) is 60.8 cm³/mol. The number of carbonyl (C=O) groups excluding carboxylic acids is 1. The molecular formula is C13H8F3NO2. The number of ketones is 1. The highest BCUT2D eigenvalue weighted by Crippen LogP contribution is 2.27.